The highest BCUT2D eigenvalue weighted by molar-refractivity contribution is 6.38. The second-order valence-corrected chi connectivity index (χ2v) is 7.83. The summed E-state index contributed by atoms with van der Waals surface area (Å²) in [5, 5.41) is 4.43. The third kappa shape index (κ3) is 4.19. The number of amides is 1. The summed E-state index contributed by atoms with van der Waals surface area (Å²) < 4.78 is 5.49. The van der Waals surface area contributed by atoms with Crippen molar-refractivity contribution in [2.45, 2.75) is 26.3 Å². The summed E-state index contributed by atoms with van der Waals surface area (Å²) in [6.45, 7) is 7.31. The molecule has 2 N–H and O–H groups in total. The smallest absolute Gasteiger partial charge is 0.252 e. The summed E-state index contributed by atoms with van der Waals surface area (Å²) in [5.74, 6) is 0.547. The van der Waals surface area contributed by atoms with Crippen LogP contribution in [0.2, 0.25) is 5.02 Å². The normalized spacial score (nSPS) is 16.0. The Kier molecular flexibility index (Phi) is 6.32. The average Bonchev–Trinajstić information content (AvgIpc) is 3.27. The van der Waals surface area contributed by atoms with Crippen LogP contribution < -0.4 is 5.32 Å². The number of aromatic amines is 1. The van der Waals surface area contributed by atoms with Gasteiger partial charge in [-0.1, -0.05) is 18.5 Å². The van der Waals surface area contributed by atoms with Crippen molar-refractivity contribution < 1.29 is 9.53 Å². The maximum atomic E-state index is 13.1. The van der Waals surface area contributed by atoms with Crippen molar-refractivity contribution in [3.8, 4) is 0 Å². The van der Waals surface area contributed by atoms with Gasteiger partial charge in [-0.15, -0.1) is 0 Å². The Hall–Kier alpha value is -2.48. The molecule has 0 radical (unpaired) electrons. The van der Waals surface area contributed by atoms with Gasteiger partial charge in [-0.25, -0.2) is 9.97 Å². The van der Waals surface area contributed by atoms with E-state index < -0.39 is 0 Å². The minimum Gasteiger partial charge on any atom is -0.379 e. The molecule has 1 fully saturated rings. The van der Waals surface area contributed by atoms with Crippen molar-refractivity contribution in [2.24, 2.45) is 0 Å². The van der Waals surface area contributed by atoms with Crippen molar-refractivity contribution >= 4 is 28.4 Å². The number of aryl methyl sites for hydroxylation is 2. The zero-order chi connectivity index (χ0) is 21.1. The molecule has 0 spiro atoms. The number of nitrogens with zero attached hydrogens (tertiary/aromatic N) is 3. The summed E-state index contributed by atoms with van der Waals surface area (Å²) >= 11 is 6.58. The van der Waals surface area contributed by atoms with Gasteiger partial charge in [0.25, 0.3) is 5.91 Å². The fourth-order valence-corrected chi connectivity index (χ4v) is 4.22. The molecule has 7 nitrogen and oxygen atoms in total. The molecule has 8 heteroatoms. The Morgan fingerprint density at radius 1 is 1.33 bits per heavy atom. The lowest BCUT2D eigenvalue weighted by Gasteiger charge is -2.34. The van der Waals surface area contributed by atoms with E-state index in [2.05, 4.69) is 32.1 Å². The van der Waals surface area contributed by atoms with Crippen LogP contribution in [-0.4, -0.2) is 58.6 Å². The van der Waals surface area contributed by atoms with Gasteiger partial charge in [0.1, 0.15) is 5.82 Å². The Balaban J connectivity index is 1.57. The molecule has 1 saturated heterocycles. The van der Waals surface area contributed by atoms with Crippen LogP contribution in [0.25, 0.3) is 10.9 Å². The van der Waals surface area contributed by atoms with Gasteiger partial charge in [-0.2, -0.15) is 0 Å². The van der Waals surface area contributed by atoms with Crippen LogP contribution in [0.1, 0.15) is 40.3 Å². The summed E-state index contributed by atoms with van der Waals surface area (Å²) in [6, 6.07) is 3.77. The molecule has 30 heavy (non-hydrogen) atoms. The number of halogens is 1. The van der Waals surface area contributed by atoms with Crippen LogP contribution in [0.15, 0.2) is 30.7 Å². The van der Waals surface area contributed by atoms with Crippen LogP contribution in [0.3, 0.4) is 0 Å². The summed E-state index contributed by atoms with van der Waals surface area (Å²) in [6.07, 6.45) is 6.33. The van der Waals surface area contributed by atoms with Gasteiger partial charge < -0.3 is 15.0 Å². The van der Waals surface area contributed by atoms with Crippen molar-refractivity contribution in [1.29, 1.82) is 0 Å². The second-order valence-electron chi connectivity index (χ2n) is 7.45. The van der Waals surface area contributed by atoms with Gasteiger partial charge in [-0.05, 0) is 31.0 Å². The molecule has 0 saturated carbocycles. The lowest BCUT2D eigenvalue weighted by Crippen LogP contribution is -2.44. The first-order valence-electron chi connectivity index (χ1n) is 10.3. The molecule has 1 unspecified atom stereocenters. The Morgan fingerprint density at radius 3 is 2.77 bits per heavy atom. The van der Waals surface area contributed by atoms with E-state index in [1.165, 1.54) is 0 Å². The Bertz CT molecular complexity index is 1030. The Morgan fingerprint density at radius 2 is 2.07 bits per heavy atom. The van der Waals surface area contributed by atoms with E-state index in [0.29, 0.717) is 30.3 Å². The molecule has 1 amide bonds. The highest BCUT2D eigenvalue weighted by Crippen LogP contribution is 2.30. The summed E-state index contributed by atoms with van der Waals surface area (Å²) in [4.78, 5) is 27.3. The molecule has 3 heterocycles. The summed E-state index contributed by atoms with van der Waals surface area (Å²) in [7, 11) is 0. The van der Waals surface area contributed by atoms with Crippen molar-refractivity contribution in [3.63, 3.8) is 0 Å². The zero-order valence-corrected chi connectivity index (χ0v) is 18.0. The number of ether oxygens (including phenoxy) is 1. The Labute approximate surface area is 180 Å². The minimum atomic E-state index is -0.177. The number of rotatable bonds is 6. The van der Waals surface area contributed by atoms with Crippen molar-refractivity contribution in [2.75, 3.05) is 32.8 Å². The number of hydrogen-bond donors (Lipinski definition) is 2. The first-order valence-corrected chi connectivity index (χ1v) is 10.6. The SMILES string of the molecule is CCc1cc(C(=O)NCC(c2cnc(C)nc2)N2CCOCC2)c(Cl)c2cc[nH]c12. The lowest BCUT2D eigenvalue weighted by molar-refractivity contribution is 0.0161. The number of hydrogen-bond acceptors (Lipinski definition) is 5. The van der Waals surface area contributed by atoms with Crippen molar-refractivity contribution in [1.82, 2.24) is 25.2 Å². The number of benzene rings is 1. The van der Waals surface area contributed by atoms with E-state index in [4.69, 9.17) is 16.3 Å². The van der Waals surface area contributed by atoms with Gasteiger partial charge in [0, 0.05) is 49.2 Å². The zero-order valence-electron chi connectivity index (χ0n) is 17.2. The number of carbonyl (C=O) groups excluding carboxylic acids is 1. The average molecular weight is 428 g/mol. The monoisotopic (exact) mass is 427 g/mol. The number of nitrogens with one attached hydrogen (secondary N) is 2. The number of aromatic nitrogens is 3. The van der Waals surface area contributed by atoms with Gasteiger partial charge in [0.15, 0.2) is 0 Å². The topological polar surface area (TPSA) is 83.1 Å². The predicted octanol–water partition coefficient (Wildman–Crippen LogP) is 3.29. The molecule has 4 rings (SSSR count). The van der Waals surface area contributed by atoms with Crippen LogP contribution in [0, 0.1) is 6.92 Å². The maximum Gasteiger partial charge on any atom is 0.252 e. The third-order valence-corrected chi connectivity index (χ3v) is 6.02. The second kappa shape index (κ2) is 9.12. The van der Waals surface area contributed by atoms with E-state index in [0.717, 1.165) is 47.4 Å². The van der Waals surface area contributed by atoms with Gasteiger partial charge in [0.05, 0.1) is 35.4 Å². The van der Waals surface area contributed by atoms with Crippen molar-refractivity contribution in [3.05, 3.63) is 58.3 Å². The molecule has 1 aliphatic heterocycles. The molecule has 1 atom stereocenters. The van der Waals surface area contributed by atoms with Crippen LogP contribution in [0.4, 0.5) is 0 Å². The fourth-order valence-electron chi connectivity index (χ4n) is 3.92. The van der Waals surface area contributed by atoms with Crippen LogP contribution >= 0.6 is 11.6 Å². The van der Waals surface area contributed by atoms with E-state index in [1.54, 1.807) is 0 Å². The highest BCUT2D eigenvalue weighted by atomic mass is 35.5. The molecule has 1 aromatic carbocycles. The van der Waals surface area contributed by atoms with Gasteiger partial charge >= 0.3 is 0 Å². The highest BCUT2D eigenvalue weighted by Gasteiger charge is 2.25. The molecular weight excluding hydrogens is 402 g/mol. The maximum absolute atomic E-state index is 13.1. The summed E-state index contributed by atoms with van der Waals surface area (Å²) in [5.41, 5.74) is 3.54. The lowest BCUT2D eigenvalue weighted by atomic mass is 10.0. The molecule has 158 valence electrons. The van der Waals surface area contributed by atoms with Crippen LogP contribution in [-0.2, 0) is 11.2 Å². The third-order valence-electron chi connectivity index (χ3n) is 5.61. The van der Waals surface area contributed by atoms with E-state index in [-0.39, 0.29) is 11.9 Å². The van der Waals surface area contributed by atoms with E-state index >= 15 is 0 Å². The first-order chi connectivity index (χ1) is 14.6. The number of H-pyrrole nitrogens is 1. The minimum absolute atomic E-state index is 0.0288. The molecule has 0 bridgehead atoms. The molecule has 2 aromatic heterocycles. The largest absolute Gasteiger partial charge is 0.379 e. The fraction of sp³-hybridized carbons (Fsp3) is 0.409. The first kappa shape index (κ1) is 20.8. The van der Waals surface area contributed by atoms with E-state index in [1.807, 2.05) is 37.6 Å². The molecule has 0 aliphatic carbocycles. The number of fused-ring (bicyclic) bond motifs is 1. The molecule has 1 aliphatic rings. The number of morpholine rings is 1. The number of carbonyl (C=O) groups is 1. The molecule has 3 aromatic rings. The van der Waals surface area contributed by atoms with Gasteiger partial charge in [0.2, 0.25) is 0 Å². The quantitative estimate of drug-likeness (QED) is 0.630. The predicted molar refractivity (Wildman–Crippen MR) is 117 cm³/mol. The van der Waals surface area contributed by atoms with Crippen LogP contribution in [0.5, 0.6) is 0 Å². The standard InChI is InChI=1S/C22H26ClN5O2/c1-3-15-10-18(20(23)17-4-5-24-21(15)17)22(29)27-13-19(28-6-8-30-9-7-28)16-11-25-14(2)26-12-16/h4-5,10-12,19,24H,3,6-9,13H2,1-2H3,(H,27,29). The molecular formula is C22H26ClN5O2. The van der Waals surface area contributed by atoms with Gasteiger partial charge in [-0.3, -0.25) is 9.69 Å². The van der Waals surface area contributed by atoms with E-state index in [9.17, 15) is 4.79 Å².